The van der Waals surface area contributed by atoms with Crippen LogP contribution >= 0.6 is 116 Å². The van der Waals surface area contributed by atoms with Gasteiger partial charge in [0.15, 0.2) is 20.0 Å². The number of imide groups is 1. The molecule has 0 aliphatic carbocycles. The molecule has 135 heavy (non-hydrogen) atoms. The number of hydrogen-bond donors (Lipinski definition) is 4. The molecule has 12 aromatic rings. The molecule has 49 heteroatoms. The van der Waals surface area contributed by atoms with Crippen LogP contribution in [0.4, 0.5) is 24.8 Å². The minimum atomic E-state index is -3.69. The minimum absolute atomic E-state index is 0.0529. The van der Waals surface area contributed by atoms with E-state index in [2.05, 4.69) is 135 Å². The number of halogens is 11. The van der Waals surface area contributed by atoms with E-state index in [1.807, 2.05) is 67.3 Å². The molecule has 0 spiro atoms. The van der Waals surface area contributed by atoms with Crippen LogP contribution in [0.2, 0.25) is 15.7 Å². The molecular formula is C86H85Cl6F3I2N20O13PS4-. The summed E-state index contributed by atoms with van der Waals surface area (Å²) in [5.74, 6) is 5.35. The second-order valence-corrected chi connectivity index (χ2v) is 46.3. The van der Waals surface area contributed by atoms with Gasteiger partial charge in [0.25, 0.3) is 5.16 Å². The van der Waals surface area contributed by atoms with Crippen molar-refractivity contribution in [3.8, 4) is 47.5 Å². The number of sulfone groups is 2. The molecule has 7 aliphatic heterocycles. The van der Waals surface area contributed by atoms with Crippen molar-refractivity contribution in [2.24, 2.45) is 5.73 Å². The molecule has 0 radical (unpaired) electrons. The quantitative estimate of drug-likeness (QED) is 0.0158. The molecule has 714 valence electrons. The maximum Gasteiger partial charge on any atom is 0.339 e. The number of nitrogens with one attached hydrogen (secondary N) is 3. The monoisotopic (exact) mass is 2290 g/mol. The number of rotatable bonds is 13. The number of ether oxygens (including phenoxy) is 6. The summed E-state index contributed by atoms with van der Waals surface area (Å²) < 4.78 is 131. The zero-order valence-electron chi connectivity index (χ0n) is 72.7. The average Bonchev–Trinajstić information content (AvgIpc) is 1.53. The van der Waals surface area contributed by atoms with E-state index in [1.54, 1.807) is 59.9 Å². The molecular weight excluding hydrogens is 2200 g/mol. The number of carbonyl (C=O) groups excluding carboxylic acids is 2. The Kier molecular flexibility index (Phi) is 39.4. The van der Waals surface area contributed by atoms with Gasteiger partial charge in [-0.05, 0) is 225 Å². The van der Waals surface area contributed by atoms with Crippen molar-refractivity contribution in [2.75, 3.05) is 75.3 Å². The van der Waals surface area contributed by atoms with Crippen LogP contribution in [0.15, 0.2) is 141 Å². The van der Waals surface area contributed by atoms with Crippen LogP contribution in [0.25, 0.3) is 28.0 Å². The molecule has 19 rings (SSSR count). The minimum Gasteiger partial charge on any atom is -0.271 e. The fraction of sp³-hybridized carbons (Fsp3) is 0.326. The van der Waals surface area contributed by atoms with Gasteiger partial charge in [0.2, 0.25) is 55.8 Å². The number of aromatic amines is 1. The zero-order chi connectivity index (χ0) is 97.3. The third-order valence-electron chi connectivity index (χ3n) is 19.7. The van der Waals surface area contributed by atoms with E-state index in [-0.39, 0.29) is 57.2 Å². The van der Waals surface area contributed by atoms with Gasteiger partial charge in [-0.1, -0.05) is 71.9 Å². The van der Waals surface area contributed by atoms with E-state index in [0.29, 0.717) is 140 Å². The van der Waals surface area contributed by atoms with E-state index in [9.17, 15) is 49.4 Å². The third kappa shape index (κ3) is 30.2. The molecule has 33 nitrogen and oxygen atoms in total. The molecule has 0 unspecified atom stereocenters. The van der Waals surface area contributed by atoms with E-state index >= 15 is 0 Å². The smallest absolute Gasteiger partial charge is 0.271 e. The Morgan fingerprint density at radius 2 is 1.03 bits per heavy atom. The fourth-order valence-corrected chi connectivity index (χ4v) is 20.2. The number of nitriles is 2. The third-order valence-corrected chi connectivity index (χ3v) is 27.3. The van der Waals surface area contributed by atoms with Crippen LogP contribution in [0, 0.1) is 54.0 Å². The Labute approximate surface area is 833 Å². The second kappa shape index (κ2) is 50.2. The molecule has 2 amide bonds. The number of anilines is 2. The van der Waals surface area contributed by atoms with Gasteiger partial charge >= 0.3 is 108 Å². The first-order valence-corrected chi connectivity index (χ1v) is 60.0. The van der Waals surface area contributed by atoms with E-state index < -0.39 is 47.5 Å². The topological polar surface area (TPSA) is 451 Å². The molecule has 7 aromatic heterocycles. The van der Waals surface area contributed by atoms with Crippen LogP contribution in [0.3, 0.4) is 0 Å². The Hall–Kier alpha value is -9.52. The molecule has 5 aromatic carbocycles. The normalized spacial score (nSPS) is 14.2. The van der Waals surface area contributed by atoms with Gasteiger partial charge in [0.05, 0.1) is 77.4 Å². The van der Waals surface area contributed by atoms with Crippen molar-refractivity contribution >= 4 is 181 Å². The summed E-state index contributed by atoms with van der Waals surface area (Å²) in [6.07, 6.45) is 16.3. The molecule has 14 heterocycles. The first-order valence-electron chi connectivity index (χ1n) is 41.0. The van der Waals surface area contributed by atoms with Crippen molar-refractivity contribution in [1.82, 2.24) is 72.5 Å². The van der Waals surface area contributed by atoms with Crippen molar-refractivity contribution in [3.05, 3.63) is 221 Å². The first-order chi connectivity index (χ1) is 64.5. The van der Waals surface area contributed by atoms with Gasteiger partial charge in [0, 0.05) is 37.7 Å². The Balaban J connectivity index is 0.000000151. The van der Waals surface area contributed by atoms with Gasteiger partial charge < -0.3 is 45.0 Å². The van der Waals surface area contributed by atoms with Crippen LogP contribution in [0.5, 0.6) is 29.4 Å². The van der Waals surface area contributed by atoms with Gasteiger partial charge in [-0.15, -0.1) is 11.8 Å². The zero-order valence-corrected chi connectivity index (χ0v) is 85.7. The van der Waals surface area contributed by atoms with E-state index in [1.165, 1.54) is 45.1 Å². The summed E-state index contributed by atoms with van der Waals surface area (Å²) in [4.78, 5) is 76.8. The Bertz CT molecular complexity index is 6730. The number of nitrogens with zero attached hydrogens (tertiary/aromatic N) is 16. The SMILES string of the molecule is CS(=O)(=O)c1nc2c(c(S(C)(=O)=O)n1)CCCO2.CSc1nc2c(c(SC)n1)CCCO2.Cc1nc2c(C#N)cccc2[nH]1.Cc1nc2c(C#N)cccc2n1-c1nc(NCc2cccc(F)c2)c2c(n1)OCCC2.Clc1nc(Cl)c2c(n1)OCCC2.Fc1cccc(CNc2nc(Cl)nc3c2CCCO3)c1.NCc1cccc(F)c1.O=C1CC2=C(CCCO2)C(=O)N1[I-]I.O=P(Cl)(Cl)Cl. The summed E-state index contributed by atoms with van der Waals surface area (Å²) >= 11 is 36.0. The molecule has 0 saturated carbocycles. The predicted octanol–water partition coefficient (Wildman–Crippen LogP) is 15.2. The van der Waals surface area contributed by atoms with Gasteiger partial charge in [-0.3, -0.25) is 9.13 Å². The number of hydrogen-bond acceptors (Lipinski definition) is 32. The average molecular weight is 2290 g/mol. The molecule has 0 atom stereocenters. The predicted molar refractivity (Wildman–Crippen MR) is 513 cm³/mol. The van der Waals surface area contributed by atoms with Crippen LogP contribution in [-0.4, -0.2) is 166 Å². The van der Waals surface area contributed by atoms with Crippen LogP contribution < -0.4 is 57.6 Å². The van der Waals surface area contributed by atoms with Crippen LogP contribution in [0.1, 0.15) is 119 Å². The second-order valence-electron chi connectivity index (χ2n) is 29.4. The number of fused-ring (bicyclic) bond motifs is 7. The van der Waals surface area contributed by atoms with Gasteiger partial charge in [-0.25, -0.2) is 59.9 Å². The standard InChI is InChI=1S/C23H19FN6O.C14H13ClFN3O.C9H7N3.C9H12N2O5S2.C9H12N2OS2.C8H8I2NO3.C7H6Cl2N2O.C7H8FN.Cl3OP/c1-14-27-20-16(12-25)6-3-9-19(20)30(14)23-28-21(18-8-4-10-31-22(18)29-23)26-13-15-5-2-7-17(24)11-15;15-14-18-12(11-5-2-6-20-13(11)19-14)17-8-9-3-1-4-10(16)7-9;1-6-11-8-4-2-3-7(5-10)9(8)12-6;1-17(12,13)8-6-4-3-5-16-7(6)10-9(11-8)18(2,14)15;1-13-8-6-4-3-5-12-7(6)10-9(11-8)14-2;9-10-11-7(12)4-6-5(8(11)13)2-1-3-14-6;8-5-4-2-1-3-12-6(4)11-7(9)10-5;8-7-3-1-2-6(4-7)5-9;1-5(2,3)4/h2-3,5-7,9,11H,4,8,10,13H2,1H3,(H,26,28,29);1,3-4,7H,2,5-6,8H2,(H,17,18,19);2-4H,1H3,(H,11,12);3-5H2,1-2H3;3-5H2,1-2H3;1-4H2;1-3H2;1-4H,5,9H2;/q;;;;;-1;;;. The van der Waals surface area contributed by atoms with Crippen molar-refractivity contribution < 1.29 is 90.1 Å². The summed E-state index contributed by atoms with van der Waals surface area (Å²) in [6, 6.07) is 34.4. The molecule has 7 aliphatic rings. The van der Waals surface area contributed by atoms with Crippen molar-refractivity contribution in [2.45, 2.75) is 137 Å². The molecule has 0 saturated heterocycles. The van der Waals surface area contributed by atoms with Gasteiger partial charge in [-0.2, -0.15) is 40.4 Å². The van der Waals surface area contributed by atoms with E-state index in [0.717, 1.165) is 161 Å². The summed E-state index contributed by atoms with van der Waals surface area (Å²) in [7, 11) is -7.31. The number of thioether (sulfide) groups is 2. The fourth-order valence-electron chi connectivity index (χ4n) is 13.7. The maximum absolute atomic E-state index is 13.6. The number of benzene rings is 5. The van der Waals surface area contributed by atoms with Crippen LogP contribution in [-0.2, 0) is 90.3 Å². The van der Waals surface area contributed by atoms with E-state index in [4.69, 9.17) is 79.2 Å². The first kappa shape index (κ1) is 106. The summed E-state index contributed by atoms with van der Waals surface area (Å²) in [5, 5.41) is 23.2. The largest absolute Gasteiger partial charge is 0.339 e. The Morgan fingerprint density at radius 3 is 1.56 bits per heavy atom. The molecule has 5 N–H and O–H groups in total. The van der Waals surface area contributed by atoms with Crippen molar-refractivity contribution in [1.29, 1.82) is 10.5 Å². The Morgan fingerprint density at radius 1 is 0.556 bits per heavy atom. The summed E-state index contributed by atoms with van der Waals surface area (Å²) in [5.41, 5.74) is 16.9. The number of imidazole rings is 2. The number of H-pyrrole nitrogens is 1. The number of aryl methyl sites for hydroxylation is 2. The maximum atomic E-state index is 13.6. The number of carbonyl (C=O) groups is 2. The van der Waals surface area contributed by atoms with Crippen molar-refractivity contribution in [3.63, 3.8) is 0 Å². The number of para-hydroxylation sites is 2. The molecule has 0 bridgehead atoms. The summed E-state index contributed by atoms with van der Waals surface area (Å²) in [6.45, 7) is 8.74. The molecule has 0 fully saturated rings. The number of nitrogens with two attached hydrogens (primary N) is 1. The van der Waals surface area contributed by atoms with Gasteiger partial charge in [0.1, 0.15) is 74.1 Å². The number of aromatic nitrogens is 14. The number of amides is 2.